The molecule has 0 spiro atoms. The topological polar surface area (TPSA) is 97.9 Å². The lowest BCUT2D eigenvalue weighted by atomic mass is 10.2. The number of nitrogens with one attached hydrogen (secondary N) is 3. The molecule has 0 aliphatic heterocycles. The fraction of sp³-hybridized carbons (Fsp3) is 0.429. The summed E-state index contributed by atoms with van der Waals surface area (Å²) in [5.74, 6) is 1.36. The first kappa shape index (κ1) is 17.4. The van der Waals surface area contributed by atoms with Gasteiger partial charge in [-0.2, -0.15) is 0 Å². The number of amides is 3. The Morgan fingerprint density at radius 2 is 1.73 bits per heavy atom. The van der Waals surface area contributed by atoms with Crippen LogP contribution in [0.15, 0.2) is 12.1 Å². The Balaban J connectivity index is 2.64. The molecule has 0 heterocycles. The van der Waals surface area contributed by atoms with Crippen molar-refractivity contribution in [2.45, 2.75) is 6.42 Å². The lowest BCUT2D eigenvalue weighted by molar-refractivity contribution is -0.109. The van der Waals surface area contributed by atoms with Crippen LogP contribution >= 0.6 is 0 Å². The molecular formula is C14H21N3O5. The largest absolute Gasteiger partial charge is 0.493 e. The van der Waals surface area contributed by atoms with Crippen LogP contribution in [0.1, 0.15) is 6.42 Å². The maximum Gasteiger partial charge on any atom is 0.319 e. The van der Waals surface area contributed by atoms with E-state index in [4.69, 9.17) is 14.2 Å². The monoisotopic (exact) mass is 311 g/mol. The molecule has 1 aromatic rings. The van der Waals surface area contributed by atoms with E-state index >= 15 is 0 Å². The van der Waals surface area contributed by atoms with Crippen LogP contribution in [-0.2, 0) is 4.79 Å². The van der Waals surface area contributed by atoms with Gasteiger partial charge in [-0.25, -0.2) is 4.79 Å². The Hall–Kier alpha value is -2.64. The van der Waals surface area contributed by atoms with E-state index in [1.54, 1.807) is 12.1 Å². The van der Waals surface area contributed by atoms with E-state index in [0.29, 0.717) is 48.9 Å². The van der Waals surface area contributed by atoms with Crippen LogP contribution in [0.25, 0.3) is 0 Å². The Kier molecular flexibility index (Phi) is 7.38. The highest BCUT2D eigenvalue weighted by Gasteiger charge is 2.14. The molecule has 0 saturated heterocycles. The zero-order valence-corrected chi connectivity index (χ0v) is 12.9. The Morgan fingerprint density at radius 1 is 1.09 bits per heavy atom. The van der Waals surface area contributed by atoms with Crippen molar-refractivity contribution in [2.24, 2.45) is 0 Å². The summed E-state index contributed by atoms with van der Waals surface area (Å²) in [4.78, 5) is 21.8. The van der Waals surface area contributed by atoms with Crippen molar-refractivity contribution >= 4 is 18.1 Å². The molecule has 8 heteroatoms. The second-order valence-electron chi connectivity index (χ2n) is 4.22. The van der Waals surface area contributed by atoms with E-state index in [9.17, 15) is 9.59 Å². The molecular weight excluding hydrogens is 290 g/mol. The van der Waals surface area contributed by atoms with E-state index in [2.05, 4.69) is 16.0 Å². The van der Waals surface area contributed by atoms with Crippen LogP contribution in [0.4, 0.5) is 10.5 Å². The third kappa shape index (κ3) is 5.04. The van der Waals surface area contributed by atoms with Gasteiger partial charge in [-0.15, -0.1) is 0 Å². The Morgan fingerprint density at radius 3 is 2.23 bits per heavy atom. The maximum absolute atomic E-state index is 11.8. The van der Waals surface area contributed by atoms with Gasteiger partial charge in [0.1, 0.15) is 0 Å². The third-order valence-corrected chi connectivity index (χ3v) is 2.79. The second kappa shape index (κ2) is 9.32. The van der Waals surface area contributed by atoms with Crippen LogP contribution in [0.5, 0.6) is 17.2 Å². The minimum absolute atomic E-state index is 0.361. The third-order valence-electron chi connectivity index (χ3n) is 2.79. The predicted molar refractivity (Wildman–Crippen MR) is 81.8 cm³/mol. The lowest BCUT2D eigenvalue weighted by Crippen LogP contribution is -2.31. The molecule has 22 heavy (non-hydrogen) atoms. The highest BCUT2D eigenvalue weighted by atomic mass is 16.5. The van der Waals surface area contributed by atoms with Gasteiger partial charge in [0, 0.05) is 25.2 Å². The first-order chi connectivity index (χ1) is 10.7. The summed E-state index contributed by atoms with van der Waals surface area (Å²) < 4.78 is 15.6. The molecule has 3 N–H and O–H groups in total. The SMILES string of the molecule is COc1cc(NC(=O)NCCCNC=O)cc(OC)c1OC. The fourth-order valence-electron chi connectivity index (χ4n) is 1.78. The molecule has 0 saturated carbocycles. The lowest BCUT2D eigenvalue weighted by Gasteiger charge is -2.14. The van der Waals surface area contributed by atoms with Crippen molar-refractivity contribution in [3.63, 3.8) is 0 Å². The van der Waals surface area contributed by atoms with Gasteiger partial charge in [-0.3, -0.25) is 4.79 Å². The number of urea groups is 1. The number of carbonyl (C=O) groups is 2. The van der Waals surface area contributed by atoms with Gasteiger partial charge in [-0.05, 0) is 6.42 Å². The number of hydrogen-bond acceptors (Lipinski definition) is 5. The van der Waals surface area contributed by atoms with Crippen LogP contribution < -0.4 is 30.2 Å². The molecule has 0 radical (unpaired) electrons. The molecule has 1 aromatic carbocycles. The van der Waals surface area contributed by atoms with Crippen LogP contribution in [0.2, 0.25) is 0 Å². The first-order valence-corrected chi connectivity index (χ1v) is 6.68. The van der Waals surface area contributed by atoms with Gasteiger partial charge in [-0.1, -0.05) is 0 Å². The summed E-state index contributed by atoms with van der Waals surface area (Å²) in [5, 5.41) is 7.87. The molecule has 0 fully saturated rings. The molecule has 0 atom stereocenters. The summed E-state index contributed by atoms with van der Waals surface area (Å²) >= 11 is 0. The summed E-state index contributed by atoms with van der Waals surface area (Å²) in [6.07, 6.45) is 1.26. The average Bonchev–Trinajstić information content (AvgIpc) is 2.53. The Bertz CT molecular complexity index is 482. The van der Waals surface area contributed by atoms with Crippen molar-refractivity contribution in [2.75, 3.05) is 39.7 Å². The van der Waals surface area contributed by atoms with Gasteiger partial charge in [0.25, 0.3) is 0 Å². The summed E-state index contributed by atoms with van der Waals surface area (Å²) in [7, 11) is 4.51. The first-order valence-electron chi connectivity index (χ1n) is 6.68. The molecule has 0 unspecified atom stereocenters. The van der Waals surface area contributed by atoms with E-state index < -0.39 is 0 Å². The zero-order valence-electron chi connectivity index (χ0n) is 12.9. The second-order valence-corrected chi connectivity index (χ2v) is 4.22. The Labute approximate surface area is 129 Å². The summed E-state index contributed by atoms with van der Waals surface area (Å²) in [6, 6.07) is 2.91. The number of ether oxygens (including phenoxy) is 3. The van der Waals surface area contributed by atoms with Crippen molar-refractivity contribution in [3.8, 4) is 17.2 Å². The summed E-state index contributed by atoms with van der Waals surface area (Å²) in [6.45, 7) is 0.949. The van der Waals surface area contributed by atoms with Gasteiger partial charge in [0.2, 0.25) is 12.2 Å². The summed E-state index contributed by atoms with van der Waals surface area (Å²) in [5.41, 5.74) is 0.512. The highest BCUT2D eigenvalue weighted by molar-refractivity contribution is 5.90. The van der Waals surface area contributed by atoms with Crippen molar-refractivity contribution in [1.82, 2.24) is 10.6 Å². The number of carbonyl (C=O) groups excluding carboxylic acids is 2. The molecule has 8 nitrogen and oxygen atoms in total. The van der Waals surface area contributed by atoms with E-state index in [-0.39, 0.29) is 6.03 Å². The van der Waals surface area contributed by atoms with Gasteiger partial charge < -0.3 is 30.2 Å². The number of methoxy groups -OCH3 is 3. The molecule has 122 valence electrons. The minimum atomic E-state index is -0.361. The molecule has 1 rings (SSSR count). The number of benzene rings is 1. The number of anilines is 1. The highest BCUT2D eigenvalue weighted by Crippen LogP contribution is 2.39. The normalized spacial score (nSPS) is 9.59. The average molecular weight is 311 g/mol. The van der Waals surface area contributed by atoms with Crippen LogP contribution in [0.3, 0.4) is 0 Å². The van der Waals surface area contributed by atoms with Crippen LogP contribution in [-0.4, -0.2) is 46.9 Å². The van der Waals surface area contributed by atoms with Gasteiger partial charge in [0.05, 0.1) is 27.0 Å². The van der Waals surface area contributed by atoms with Gasteiger partial charge >= 0.3 is 6.03 Å². The van der Waals surface area contributed by atoms with Crippen molar-refractivity contribution in [3.05, 3.63) is 12.1 Å². The number of rotatable bonds is 9. The predicted octanol–water partition coefficient (Wildman–Crippen LogP) is 0.970. The number of hydrogen-bond donors (Lipinski definition) is 3. The van der Waals surface area contributed by atoms with Crippen molar-refractivity contribution in [1.29, 1.82) is 0 Å². The van der Waals surface area contributed by atoms with E-state index in [1.807, 2.05) is 0 Å². The molecule has 0 aliphatic carbocycles. The fourth-order valence-corrected chi connectivity index (χ4v) is 1.78. The molecule has 0 bridgehead atoms. The van der Waals surface area contributed by atoms with E-state index in [0.717, 1.165) is 0 Å². The molecule has 0 aliphatic rings. The maximum atomic E-state index is 11.8. The minimum Gasteiger partial charge on any atom is -0.493 e. The van der Waals surface area contributed by atoms with Gasteiger partial charge in [0.15, 0.2) is 11.5 Å². The smallest absolute Gasteiger partial charge is 0.319 e. The van der Waals surface area contributed by atoms with Crippen LogP contribution in [0, 0.1) is 0 Å². The van der Waals surface area contributed by atoms with E-state index in [1.165, 1.54) is 21.3 Å². The standard InChI is InChI=1S/C14H21N3O5/c1-20-11-7-10(8-12(21-2)13(11)22-3)17-14(19)16-6-4-5-15-9-18/h7-9H,4-6H2,1-3H3,(H,15,18)(H2,16,17,19). The van der Waals surface area contributed by atoms with Crippen molar-refractivity contribution < 1.29 is 23.8 Å². The quantitative estimate of drug-likeness (QED) is 0.466. The molecule has 0 aromatic heterocycles. The zero-order chi connectivity index (χ0) is 16.4. The molecule has 3 amide bonds.